The van der Waals surface area contributed by atoms with E-state index in [1.54, 1.807) is 12.1 Å². The highest BCUT2D eigenvalue weighted by Gasteiger charge is 2.36. The summed E-state index contributed by atoms with van der Waals surface area (Å²) in [5.74, 6) is -1.15. The van der Waals surface area contributed by atoms with Gasteiger partial charge < -0.3 is 5.73 Å². The predicted octanol–water partition coefficient (Wildman–Crippen LogP) is 4.05. The van der Waals surface area contributed by atoms with Crippen LogP contribution in [0, 0.1) is 23.0 Å². The van der Waals surface area contributed by atoms with Crippen LogP contribution in [0.1, 0.15) is 45.1 Å². The second kappa shape index (κ2) is 5.58. The zero-order chi connectivity index (χ0) is 14.0. The molecule has 0 amide bonds. The summed E-state index contributed by atoms with van der Waals surface area (Å²) < 4.78 is 26.9. The zero-order valence-corrected chi connectivity index (χ0v) is 11.8. The fourth-order valence-electron chi connectivity index (χ4n) is 3.42. The highest BCUT2D eigenvalue weighted by molar-refractivity contribution is 5.20. The second-order valence-electron chi connectivity index (χ2n) is 6.42. The Hall–Kier alpha value is -0.960. The summed E-state index contributed by atoms with van der Waals surface area (Å²) in [5, 5.41) is 0. The zero-order valence-electron chi connectivity index (χ0n) is 11.8. The van der Waals surface area contributed by atoms with Crippen molar-refractivity contribution >= 4 is 0 Å². The van der Waals surface area contributed by atoms with Crippen molar-refractivity contribution in [1.82, 2.24) is 0 Å². The van der Waals surface area contributed by atoms with E-state index in [0.717, 1.165) is 18.9 Å². The van der Waals surface area contributed by atoms with Gasteiger partial charge in [-0.25, -0.2) is 8.78 Å². The molecule has 0 bridgehead atoms. The Labute approximate surface area is 114 Å². The molecule has 0 heterocycles. The van der Waals surface area contributed by atoms with Crippen LogP contribution in [-0.4, -0.2) is 6.04 Å². The summed E-state index contributed by atoms with van der Waals surface area (Å²) >= 11 is 0. The van der Waals surface area contributed by atoms with E-state index in [2.05, 4.69) is 13.8 Å². The monoisotopic (exact) mass is 267 g/mol. The van der Waals surface area contributed by atoms with Crippen LogP contribution in [0.15, 0.2) is 18.2 Å². The third-order valence-corrected chi connectivity index (χ3v) is 4.59. The van der Waals surface area contributed by atoms with E-state index in [1.165, 1.54) is 12.8 Å². The summed E-state index contributed by atoms with van der Waals surface area (Å²) in [7, 11) is 0. The van der Waals surface area contributed by atoms with E-state index in [1.807, 2.05) is 0 Å². The number of benzene rings is 1. The van der Waals surface area contributed by atoms with Gasteiger partial charge in [0.15, 0.2) is 11.6 Å². The fourth-order valence-corrected chi connectivity index (χ4v) is 3.42. The number of hydrogen-bond donors (Lipinski definition) is 1. The minimum atomic E-state index is -0.785. The Morgan fingerprint density at radius 1 is 1.32 bits per heavy atom. The molecule has 0 aliphatic heterocycles. The Balaban J connectivity index is 2.12. The molecule has 0 radical (unpaired) electrons. The average molecular weight is 267 g/mol. The molecule has 2 rings (SSSR count). The average Bonchev–Trinajstić information content (AvgIpc) is 2.34. The topological polar surface area (TPSA) is 26.0 Å². The summed E-state index contributed by atoms with van der Waals surface area (Å²) in [6, 6.07) is 4.22. The predicted molar refractivity (Wildman–Crippen MR) is 73.8 cm³/mol. The van der Waals surface area contributed by atoms with Crippen molar-refractivity contribution in [2.75, 3.05) is 0 Å². The molecular formula is C16H23F2N. The van der Waals surface area contributed by atoms with Crippen LogP contribution in [0.2, 0.25) is 0 Å². The lowest BCUT2D eigenvalue weighted by Crippen LogP contribution is -2.43. The van der Waals surface area contributed by atoms with Gasteiger partial charge in [-0.15, -0.1) is 0 Å². The molecule has 0 aromatic heterocycles. The van der Waals surface area contributed by atoms with Crippen LogP contribution < -0.4 is 5.73 Å². The number of nitrogens with two attached hydrogens (primary N) is 1. The molecule has 1 aliphatic carbocycles. The van der Waals surface area contributed by atoms with Crippen LogP contribution in [0.5, 0.6) is 0 Å². The Morgan fingerprint density at radius 3 is 2.74 bits per heavy atom. The van der Waals surface area contributed by atoms with Gasteiger partial charge in [0.25, 0.3) is 0 Å². The second-order valence-corrected chi connectivity index (χ2v) is 6.42. The first kappa shape index (κ1) is 14.4. The molecule has 2 N–H and O–H groups in total. The highest BCUT2D eigenvalue weighted by Crippen LogP contribution is 2.42. The van der Waals surface area contributed by atoms with E-state index >= 15 is 0 Å². The molecule has 1 saturated carbocycles. The molecule has 1 aromatic rings. The van der Waals surface area contributed by atoms with Gasteiger partial charge in [-0.3, -0.25) is 0 Å². The summed E-state index contributed by atoms with van der Waals surface area (Å²) in [4.78, 5) is 0. The number of halogens is 2. The highest BCUT2D eigenvalue weighted by atomic mass is 19.2. The molecule has 3 heteroatoms. The van der Waals surface area contributed by atoms with Gasteiger partial charge in [0.2, 0.25) is 0 Å². The first-order valence-corrected chi connectivity index (χ1v) is 7.10. The van der Waals surface area contributed by atoms with E-state index in [-0.39, 0.29) is 11.5 Å². The van der Waals surface area contributed by atoms with Crippen LogP contribution >= 0.6 is 0 Å². The molecule has 1 fully saturated rings. The molecule has 1 aliphatic rings. The van der Waals surface area contributed by atoms with E-state index in [9.17, 15) is 8.78 Å². The molecule has 1 aromatic carbocycles. The number of rotatable bonds is 3. The summed E-state index contributed by atoms with van der Waals surface area (Å²) in [6.45, 7) is 4.47. The van der Waals surface area contributed by atoms with Crippen molar-refractivity contribution in [2.45, 2.75) is 52.0 Å². The Bertz CT molecular complexity index is 442. The molecule has 0 spiro atoms. The van der Waals surface area contributed by atoms with Gasteiger partial charge in [-0.1, -0.05) is 38.8 Å². The minimum Gasteiger partial charge on any atom is -0.327 e. The molecule has 2 unspecified atom stereocenters. The molecule has 106 valence electrons. The van der Waals surface area contributed by atoms with Crippen molar-refractivity contribution in [3.05, 3.63) is 35.4 Å². The van der Waals surface area contributed by atoms with E-state index in [4.69, 9.17) is 5.73 Å². The maximum atomic E-state index is 13.7. The molecular weight excluding hydrogens is 244 g/mol. The van der Waals surface area contributed by atoms with Gasteiger partial charge in [0.1, 0.15) is 0 Å². The van der Waals surface area contributed by atoms with Crippen molar-refractivity contribution in [2.24, 2.45) is 17.1 Å². The number of hydrogen-bond acceptors (Lipinski definition) is 1. The normalized spacial score (nSPS) is 24.2. The van der Waals surface area contributed by atoms with Crippen LogP contribution in [0.3, 0.4) is 0 Å². The SMILES string of the molecule is CC1(C)CCCCC1C(N)Cc1cccc(F)c1F. The summed E-state index contributed by atoms with van der Waals surface area (Å²) in [6.07, 6.45) is 5.10. The summed E-state index contributed by atoms with van der Waals surface area (Å²) in [5.41, 5.74) is 6.88. The largest absolute Gasteiger partial charge is 0.327 e. The van der Waals surface area contributed by atoms with Gasteiger partial charge in [-0.2, -0.15) is 0 Å². The van der Waals surface area contributed by atoms with Crippen molar-refractivity contribution < 1.29 is 8.78 Å². The Kier molecular flexibility index (Phi) is 4.24. The van der Waals surface area contributed by atoms with Gasteiger partial charge in [0.05, 0.1) is 0 Å². The maximum absolute atomic E-state index is 13.7. The van der Waals surface area contributed by atoms with Crippen molar-refractivity contribution in [3.63, 3.8) is 0 Å². The molecule has 1 nitrogen and oxygen atoms in total. The smallest absolute Gasteiger partial charge is 0.162 e. The van der Waals surface area contributed by atoms with Crippen molar-refractivity contribution in [1.29, 1.82) is 0 Å². The lowest BCUT2D eigenvalue weighted by atomic mass is 9.65. The first-order valence-electron chi connectivity index (χ1n) is 7.10. The molecule has 0 saturated heterocycles. The van der Waals surface area contributed by atoms with Gasteiger partial charge in [-0.05, 0) is 42.2 Å². The van der Waals surface area contributed by atoms with E-state index < -0.39 is 11.6 Å². The third-order valence-electron chi connectivity index (χ3n) is 4.59. The van der Waals surface area contributed by atoms with Gasteiger partial charge in [0, 0.05) is 6.04 Å². The van der Waals surface area contributed by atoms with Crippen LogP contribution in [0.4, 0.5) is 8.78 Å². The van der Waals surface area contributed by atoms with Crippen LogP contribution in [-0.2, 0) is 6.42 Å². The van der Waals surface area contributed by atoms with E-state index in [0.29, 0.717) is 17.9 Å². The third kappa shape index (κ3) is 3.14. The Morgan fingerprint density at radius 2 is 2.05 bits per heavy atom. The molecule has 2 atom stereocenters. The van der Waals surface area contributed by atoms with Crippen molar-refractivity contribution in [3.8, 4) is 0 Å². The lowest BCUT2D eigenvalue weighted by molar-refractivity contribution is 0.112. The minimum absolute atomic E-state index is 0.105. The van der Waals surface area contributed by atoms with Crippen LogP contribution in [0.25, 0.3) is 0 Å². The standard InChI is InChI=1S/C16H23F2N/c1-16(2)9-4-3-7-12(16)14(19)10-11-6-5-8-13(17)15(11)18/h5-6,8,12,14H,3-4,7,9-10,19H2,1-2H3. The fraction of sp³-hybridized carbons (Fsp3) is 0.625. The quantitative estimate of drug-likeness (QED) is 0.878. The van der Waals surface area contributed by atoms with Gasteiger partial charge >= 0.3 is 0 Å². The lowest BCUT2D eigenvalue weighted by Gasteiger charge is -2.42. The maximum Gasteiger partial charge on any atom is 0.162 e. The first-order chi connectivity index (χ1) is 8.92. The molecule has 19 heavy (non-hydrogen) atoms.